The molecule has 3 nitrogen and oxygen atoms in total. The Morgan fingerprint density at radius 1 is 1.00 bits per heavy atom. The smallest absolute Gasteiger partial charge is 0.392 e. The van der Waals surface area contributed by atoms with Gasteiger partial charge in [0, 0.05) is 12.1 Å². The number of carbonyl (C=O) groups is 1. The number of hydrogen-bond donors (Lipinski definition) is 2. The fraction of sp³-hybridized carbons (Fsp3) is 0.174. The van der Waals surface area contributed by atoms with Crippen LogP contribution >= 0.6 is 0 Å². The maximum Gasteiger partial charge on any atom is 0.416 e. The molecule has 0 aliphatic rings. The number of aliphatic hydroxyl groups excluding tert-OH is 1. The number of halogens is 3. The van der Waals surface area contributed by atoms with E-state index in [1.165, 1.54) is 12.1 Å². The van der Waals surface area contributed by atoms with Gasteiger partial charge >= 0.3 is 6.18 Å². The molecule has 29 heavy (non-hydrogen) atoms. The second-order valence-electron chi connectivity index (χ2n) is 6.52. The number of hydrogen-bond acceptors (Lipinski definition) is 2. The predicted octanol–water partition coefficient (Wildman–Crippen LogP) is 5.19. The van der Waals surface area contributed by atoms with Crippen LogP contribution in [0.5, 0.6) is 0 Å². The number of carbonyl (C=O) groups excluding carboxylic acids is 1. The molecule has 0 aliphatic carbocycles. The van der Waals surface area contributed by atoms with Crippen molar-refractivity contribution in [2.75, 3.05) is 13.2 Å². The minimum absolute atomic E-state index is 0.0279. The van der Waals surface area contributed by atoms with Gasteiger partial charge < -0.3 is 10.4 Å². The molecule has 3 aromatic rings. The highest BCUT2D eigenvalue weighted by Gasteiger charge is 2.30. The van der Waals surface area contributed by atoms with Crippen molar-refractivity contribution in [1.29, 1.82) is 0 Å². The van der Waals surface area contributed by atoms with Crippen LogP contribution in [0, 0.1) is 0 Å². The molecule has 0 radical (unpaired) electrons. The van der Waals surface area contributed by atoms with Gasteiger partial charge in [0.2, 0.25) is 0 Å². The summed E-state index contributed by atoms with van der Waals surface area (Å²) in [6, 6.07) is 15.9. The number of rotatable bonds is 6. The van der Waals surface area contributed by atoms with E-state index < -0.39 is 11.7 Å². The molecule has 0 bridgehead atoms. The third kappa shape index (κ3) is 5.03. The summed E-state index contributed by atoms with van der Waals surface area (Å²) in [6.07, 6.45) is -0.340. The Kier molecular flexibility index (Phi) is 6.34. The summed E-state index contributed by atoms with van der Waals surface area (Å²) in [4.78, 5) is 12.3. The summed E-state index contributed by atoms with van der Waals surface area (Å²) in [5.74, 6) is -0.204. The third-order valence-electron chi connectivity index (χ3n) is 4.53. The van der Waals surface area contributed by atoms with Crippen LogP contribution in [0.3, 0.4) is 0 Å². The monoisotopic (exact) mass is 399 g/mol. The Morgan fingerprint density at radius 3 is 2.45 bits per heavy atom. The van der Waals surface area contributed by atoms with Crippen LogP contribution in [-0.2, 0) is 6.18 Å². The summed E-state index contributed by atoms with van der Waals surface area (Å²) in [5.41, 5.74) is 1.30. The van der Waals surface area contributed by atoms with Crippen LogP contribution in [0.1, 0.15) is 22.3 Å². The molecule has 150 valence electrons. The maximum atomic E-state index is 12.8. The lowest BCUT2D eigenvalue weighted by Crippen LogP contribution is -2.24. The summed E-state index contributed by atoms with van der Waals surface area (Å²) in [6.45, 7) is 0.429. The Hall–Kier alpha value is -3.12. The Bertz CT molecular complexity index is 1020. The van der Waals surface area contributed by atoms with Crippen molar-refractivity contribution in [2.24, 2.45) is 0 Å². The zero-order valence-corrected chi connectivity index (χ0v) is 15.5. The van der Waals surface area contributed by atoms with Gasteiger partial charge in [0.1, 0.15) is 0 Å². The molecule has 0 saturated carbocycles. The van der Waals surface area contributed by atoms with Gasteiger partial charge in [0.15, 0.2) is 0 Å². The van der Waals surface area contributed by atoms with Crippen LogP contribution < -0.4 is 5.32 Å². The first-order valence-electron chi connectivity index (χ1n) is 9.14. The van der Waals surface area contributed by atoms with E-state index >= 15 is 0 Å². The molecule has 0 aliphatic heterocycles. The molecule has 0 heterocycles. The summed E-state index contributed by atoms with van der Waals surface area (Å²) in [5, 5.41) is 13.2. The fourth-order valence-electron chi connectivity index (χ4n) is 3.08. The lowest BCUT2D eigenvalue weighted by atomic mass is 9.96. The minimum atomic E-state index is -4.37. The van der Waals surface area contributed by atoms with E-state index in [9.17, 15) is 18.0 Å². The Labute approximate surface area is 166 Å². The van der Waals surface area contributed by atoms with Gasteiger partial charge in [-0.15, -0.1) is 0 Å². The Morgan fingerprint density at radius 2 is 1.76 bits per heavy atom. The summed E-state index contributed by atoms with van der Waals surface area (Å²) in [7, 11) is 0. The molecule has 2 N–H and O–H groups in total. The number of amides is 1. The molecule has 3 rings (SSSR count). The van der Waals surface area contributed by atoms with Crippen LogP contribution in [0.15, 0.2) is 72.8 Å². The highest BCUT2D eigenvalue weighted by atomic mass is 19.4. The zero-order chi connectivity index (χ0) is 20.9. The highest BCUT2D eigenvalue weighted by molar-refractivity contribution is 6.02. The van der Waals surface area contributed by atoms with Crippen molar-refractivity contribution in [3.8, 4) is 11.1 Å². The summed E-state index contributed by atoms with van der Waals surface area (Å²) < 4.78 is 38.4. The van der Waals surface area contributed by atoms with Crippen molar-refractivity contribution in [3.05, 3.63) is 83.9 Å². The van der Waals surface area contributed by atoms with E-state index in [2.05, 4.69) is 5.32 Å². The molecule has 0 aromatic heterocycles. The van der Waals surface area contributed by atoms with Gasteiger partial charge in [0.25, 0.3) is 5.91 Å². The van der Waals surface area contributed by atoms with E-state index in [-0.39, 0.29) is 12.5 Å². The molecule has 0 saturated heterocycles. The number of aliphatic hydroxyl groups is 1. The van der Waals surface area contributed by atoms with Crippen molar-refractivity contribution in [3.63, 3.8) is 0 Å². The molecule has 1 amide bonds. The number of fused-ring (bicyclic) bond motifs is 1. The van der Waals surface area contributed by atoms with Crippen molar-refractivity contribution >= 4 is 16.7 Å². The number of nitrogens with one attached hydrogen (secondary N) is 1. The average Bonchev–Trinajstić information content (AvgIpc) is 2.72. The lowest BCUT2D eigenvalue weighted by molar-refractivity contribution is -0.137. The molecular weight excluding hydrogens is 379 g/mol. The predicted molar refractivity (Wildman–Crippen MR) is 108 cm³/mol. The second-order valence-corrected chi connectivity index (χ2v) is 6.52. The molecule has 0 spiro atoms. The molecule has 3 aromatic carbocycles. The van der Waals surface area contributed by atoms with Crippen molar-refractivity contribution in [1.82, 2.24) is 5.32 Å². The van der Waals surface area contributed by atoms with Gasteiger partial charge in [-0.2, -0.15) is 13.2 Å². The van der Waals surface area contributed by atoms with Crippen LogP contribution in [0.4, 0.5) is 13.2 Å². The van der Waals surface area contributed by atoms with Gasteiger partial charge in [-0.05, 0) is 52.6 Å². The van der Waals surface area contributed by atoms with Gasteiger partial charge in [0.05, 0.1) is 12.2 Å². The SMILES string of the molecule is O=C(NCC/C=C\CO)c1ccc2c(-c3ccc(C(F)(F)F)cc3)cccc2c1. The van der Waals surface area contributed by atoms with Crippen molar-refractivity contribution in [2.45, 2.75) is 12.6 Å². The van der Waals surface area contributed by atoms with Crippen LogP contribution in [0.25, 0.3) is 21.9 Å². The molecule has 0 fully saturated rings. The maximum absolute atomic E-state index is 12.8. The van der Waals surface area contributed by atoms with Crippen LogP contribution in [-0.4, -0.2) is 24.2 Å². The minimum Gasteiger partial charge on any atom is -0.392 e. The average molecular weight is 399 g/mol. The van der Waals surface area contributed by atoms with E-state index in [0.29, 0.717) is 24.1 Å². The highest BCUT2D eigenvalue weighted by Crippen LogP contribution is 2.33. The first-order chi connectivity index (χ1) is 13.9. The Balaban J connectivity index is 1.83. The standard InChI is InChI=1S/C23H20F3NO2/c24-23(25,26)19-10-7-16(8-11-19)20-6-4-5-17-15-18(9-12-21(17)20)22(29)27-13-2-1-3-14-28/h1,3-12,15,28H,2,13-14H2,(H,27,29)/b3-1-. The van der Waals surface area contributed by atoms with Crippen LogP contribution in [0.2, 0.25) is 0 Å². The summed E-state index contributed by atoms with van der Waals surface area (Å²) >= 11 is 0. The lowest BCUT2D eigenvalue weighted by Gasteiger charge is -2.11. The first-order valence-corrected chi connectivity index (χ1v) is 9.14. The van der Waals surface area contributed by atoms with Gasteiger partial charge in [-0.1, -0.05) is 48.6 Å². The van der Waals surface area contributed by atoms with E-state index in [0.717, 1.165) is 28.5 Å². The fourth-order valence-corrected chi connectivity index (χ4v) is 3.08. The third-order valence-corrected chi connectivity index (χ3v) is 4.53. The molecule has 6 heteroatoms. The molecular formula is C23H20F3NO2. The number of alkyl halides is 3. The van der Waals surface area contributed by atoms with Gasteiger partial charge in [-0.3, -0.25) is 4.79 Å². The quantitative estimate of drug-likeness (QED) is 0.443. The van der Waals surface area contributed by atoms with E-state index in [1.54, 1.807) is 24.3 Å². The number of benzene rings is 3. The normalized spacial score (nSPS) is 11.9. The van der Waals surface area contributed by atoms with Crippen molar-refractivity contribution < 1.29 is 23.1 Å². The second kappa shape index (κ2) is 8.92. The van der Waals surface area contributed by atoms with Gasteiger partial charge in [-0.25, -0.2) is 0 Å². The molecule has 0 atom stereocenters. The first kappa shape index (κ1) is 20.6. The zero-order valence-electron chi connectivity index (χ0n) is 15.5. The topological polar surface area (TPSA) is 49.3 Å². The molecule has 0 unspecified atom stereocenters. The van der Waals surface area contributed by atoms with E-state index in [1.807, 2.05) is 24.3 Å². The van der Waals surface area contributed by atoms with E-state index in [4.69, 9.17) is 5.11 Å². The largest absolute Gasteiger partial charge is 0.416 e.